The molecular formula is C11H23NO3. The Labute approximate surface area is 91.5 Å². The van der Waals surface area contributed by atoms with Crippen LogP contribution in [-0.4, -0.2) is 51.7 Å². The van der Waals surface area contributed by atoms with E-state index in [-0.39, 0.29) is 12.8 Å². The zero-order chi connectivity index (χ0) is 11.3. The van der Waals surface area contributed by atoms with E-state index in [1.54, 1.807) is 0 Å². The summed E-state index contributed by atoms with van der Waals surface area (Å²) in [7, 11) is 0. The quantitative estimate of drug-likeness (QED) is 0.580. The average Bonchev–Trinajstić information content (AvgIpc) is 2.23. The summed E-state index contributed by atoms with van der Waals surface area (Å²) < 4.78 is 0. The molecular weight excluding hydrogens is 194 g/mol. The van der Waals surface area contributed by atoms with Crippen molar-refractivity contribution in [1.82, 2.24) is 4.90 Å². The maximum absolute atomic E-state index is 9.56. The van der Waals surface area contributed by atoms with Crippen LogP contribution in [0.5, 0.6) is 0 Å². The number of likely N-dealkylation sites (tertiary alicyclic amines) is 1. The zero-order valence-electron chi connectivity index (χ0n) is 9.47. The second-order valence-corrected chi connectivity index (χ2v) is 4.43. The van der Waals surface area contributed by atoms with Crippen molar-refractivity contribution in [2.45, 2.75) is 57.3 Å². The lowest BCUT2D eigenvalue weighted by Crippen LogP contribution is -2.52. The van der Waals surface area contributed by atoms with E-state index in [1.165, 1.54) is 12.8 Å². The highest BCUT2D eigenvalue weighted by Gasteiger charge is 2.32. The van der Waals surface area contributed by atoms with Crippen LogP contribution < -0.4 is 0 Å². The molecule has 0 saturated carbocycles. The molecule has 0 aromatic carbocycles. The summed E-state index contributed by atoms with van der Waals surface area (Å²) in [5.74, 6) is 0. The topological polar surface area (TPSA) is 63.9 Å². The minimum Gasteiger partial charge on any atom is -0.390 e. The van der Waals surface area contributed by atoms with E-state index in [0.29, 0.717) is 13.0 Å². The Morgan fingerprint density at radius 1 is 1.20 bits per heavy atom. The number of unbranched alkanes of at least 4 members (excludes halogenated alkanes) is 2. The van der Waals surface area contributed by atoms with Gasteiger partial charge in [0.05, 0.1) is 18.9 Å². The van der Waals surface area contributed by atoms with Crippen LogP contribution in [0.25, 0.3) is 0 Å². The Morgan fingerprint density at radius 2 is 1.93 bits per heavy atom. The van der Waals surface area contributed by atoms with E-state index < -0.39 is 12.2 Å². The Hall–Kier alpha value is -0.160. The third-order valence-electron chi connectivity index (χ3n) is 3.22. The number of β-amino-alcohol motifs (C(OH)–C–C–N with tert-alkyl or cyclic N) is 1. The third kappa shape index (κ3) is 3.72. The van der Waals surface area contributed by atoms with Crippen LogP contribution in [0.2, 0.25) is 0 Å². The van der Waals surface area contributed by atoms with E-state index in [0.717, 1.165) is 12.8 Å². The molecule has 1 aliphatic heterocycles. The van der Waals surface area contributed by atoms with Gasteiger partial charge in [0.2, 0.25) is 0 Å². The Balaban J connectivity index is 2.38. The molecule has 0 aromatic rings. The van der Waals surface area contributed by atoms with Gasteiger partial charge in [-0.2, -0.15) is 0 Å². The predicted octanol–water partition coefficient (Wildman–Crippen LogP) is 0.313. The molecule has 1 saturated heterocycles. The van der Waals surface area contributed by atoms with E-state index >= 15 is 0 Å². The first-order valence-electron chi connectivity index (χ1n) is 5.90. The van der Waals surface area contributed by atoms with Crippen LogP contribution in [-0.2, 0) is 0 Å². The van der Waals surface area contributed by atoms with Crippen molar-refractivity contribution in [1.29, 1.82) is 0 Å². The molecule has 0 radical (unpaired) electrons. The van der Waals surface area contributed by atoms with Crippen LogP contribution in [0.3, 0.4) is 0 Å². The standard InChI is InChI=1S/C11H23NO3/c1-2-3-4-5-9-6-10(14)11(15)7-12(9)8-13/h9-11,13-15H,2-8H2,1H3. The highest BCUT2D eigenvalue weighted by Crippen LogP contribution is 2.21. The summed E-state index contributed by atoms with van der Waals surface area (Å²) in [6.07, 6.45) is 3.73. The first-order chi connectivity index (χ1) is 7.19. The summed E-state index contributed by atoms with van der Waals surface area (Å²) in [6.45, 7) is 2.51. The van der Waals surface area contributed by atoms with Crippen molar-refractivity contribution < 1.29 is 15.3 Å². The van der Waals surface area contributed by atoms with Gasteiger partial charge in [0, 0.05) is 12.6 Å². The number of rotatable bonds is 5. The van der Waals surface area contributed by atoms with Crippen molar-refractivity contribution in [3.63, 3.8) is 0 Å². The summed E-state index contributed by atoms with van der Waals surface area (Å²) >= 11 is 0. The first kappa shape index (κ1) is 12.9. The lowest BCUT2D eigenvalue weighted by Gasteiger charge is -2.39. The second kappa shape index (κ2) is 6.43. The molecule has 0 aromatic heterocycles. The van der Waals surface area contributed by atoms with Crippen molar-refractivity contribution >= 4 is 0 Å². The van der Waals surface area contributed by atoms with Gasteiger partial charge in [-0.05, 0) is 12.8 Å². The van der Waals surface area contributed by atoms with Crippen LogP contribution in [0.4, 0.5) is 0 Å². The molecule has 4 nitrogen and oxygen atoms in total. The summed E-state index contributed by atoms with van der Waals surface area (Å²) in [5, 5.41) is 28.2. The molecule has 1 rings (SSSR count). The SMILES string of the molecule is CCCCCC1CC(O)C(O)CN1CO. The molecule has 3 N–H and O–H groups in total. The molecule has 1 aliphatic rings. The average molecular weight is 217 g/mol. The lowest BCUT2D eigenvalue weighted by atomic mass is 9.94. The van der Waals surface area contributed by atoms with Crippen LogP contribution in [0.1, 0.15) is 39.0 Å². The molecule has 1 fully saturated rings. The largest absolute Gasteiger partial charge is 0.390 e. The van der Waals surface area contributed by atoms with Crippen molar-refractivity contribution in [2.24, 2.45) is 0 Å². The molecule has 4 heteroatoms. The van der Waals surface area contributed by atoms with Crippen molar-refractivity contribution in [2.75, 3.05) is 13.3 Å². The van der Waals surface area contributed by atoms with Gasteiger partial charge in [0.15, 0.2) is 0 Å². The summed E-state index contributed by atoms with van der Waals surface area (Å²) in [5.41, 5.74) is 0. The van der Waals surface area contributed by atoms with E-state index in [9.17, 15) is 10.2 Å². The van der Waals surface area contributed by atoms with Gasteiger partial charge in [-0.1, -0.05) is 26.2 Å². The van der Waals surface area contributed by atoms with Gasteiger partial charge in [-0.25, -0.2) is 0 Å². The maximum Gasteiger partial charge on any atom is 0.0959 e. The van der Waals surface area contributed by atoms with E-state index in [4.69, 9.17) is 5.11 Å². The van der Waals surface area contributed by atoms with E-state index in [1.807, 2.05) is 4.90 Å². The number of aliphatic hydroxyl groups excluding tert-OH is 3. The highest BCUT2D eigenvalue weighted by molar-refractivity contribution is 4.85. The van der Waals surface area contributed by atoms with E-state index in [2.05, 4.69) is 6.92 Å². The fraction of sp³-hybridized carbons (Fsp3) is 1.00. The predicted molar refractivity (Wildman–Crippen MR) is 58.4 cm³/mol. The Morgan fingerprint density at radius 3 is 2.53 bits per heavy atom. The number of aliphatic hydroxyl groups is 3. The van der Waals surface area contributed by atoms with Gasteiger partial charge >= 0.3 is 0 Å². The summed E-state index contributed by atoms with van der Waals surface area (Å²) in [6, 6.07) is 0.222. The van der Waals surface area contributed by atoms with Gasteiger partial charge in [-0.3, -0.25) is 4.90 Å². The smallest absolute Gasteiger partial charge is 0.0959 e. The zero-order valence-corrected chi connectivity index (χ0v) is 9.47. The number of nitrogens with zero attached hydrogens (tertiary/aromatic N) is 1. The molecule has 0 bridgehead atoms. The van der Waals surface area contributed by atoms with Gasteiger partial charge in [-0.15, -0.1) is 0 Å². The molecule has 1 heterocycles. The first-order valence-corrected chi connectivity index (χ1v) is 5.90. The highest BCUT2D eigenvalue weighted by atomic mass is 16.3. The molecule has 0 amide bonds. The molecule has 0 spiro atoms. The lowest BCUT2D eigenvalue weighted by molar-refractivity contribution is -0.0849. The minimum absolute atomic E-state index is 0.0272. The monoisotopic (exact) mass is 217 g/mol. The maximum atomic E-state index is 9.56. The minimum atomic E-state index is -0.709. The number of piperidine rings is 1. The number of hydrogen-bond donors (Lipinski definition) is 3. The molecule has 15 heavy (non-hydrogen) atoms. The second-order valence-electron chi connectivity index (χ2n) is 4.43. The fourth-order valence-electron chi connectivity index (χ4n) is 2.20. The molecule has 0 aliphatic carbocycles. The fourth-order valence-corrected chi connectivity index (χ4v) is 2.20. The Bertz CT molecular complexity index is 177. The van der Waals surface area contributed by atoms with Gasteiger partial charge in [0.25, 0.3) is 0 Å². The molecule has 90 valence electrons. The van der Waals surface area contributed by atoms with Crippen LogP contribution >= 0.6 is 0 Å². The van der Waals surface area contributed by atoms with Gasteiger partial charge in [0.1, 0.15) is 0 Å². The Kier molecular flexibility index (Phi) is 5.53. The number of hydrogen-bond acceptors (Lipinski definition) is 4. The molecule has 3 atom stereocenters. The van der Waals surface area contributed by atoms with Crippen molar-refractivity contribution in [3.05, 3.63) is 0 Å². The summed E-state index contributed by atoms with van der Waals surface area (Å²) in [4.78, 5) is 1.85. The third-order valence-corrected chi connectivity index (χ3v) is 3.22. The van der Waals surface area contributed by atoms with Gasteiger partial charge < -0.3 is 15.3 Å². The van der Waals surface area contributed by atoms with Crippen LogP contribution in [0, 0.1) is 0 Å². The molecule has 3 unspecified atom stereocenters. The van der Waals surface area contributed by atoms with Crippen LogP contribution in [0.15, 0.2) is 0 Å². The normalized spacial score (nSPS) is 33.2. The van der Waals surface area contributed by atoms with Crippen molar-refractivity contribution in [3.8, 4) is 0 Å².